The molecule has 3 aromatic rings. The van der Waals surface area contributed by atoms with E-state index in [0.29, 0.717) is 22.6 Å². The number of rotatable bonds is 6. The van der Waals surface area contributed by atoms with E-state index in [1.165, 1.54) is 5.56 Å². The van der Waals surface area contributed by atoms with Gasteiger partial charge >= 0.3 is 0 Å². The zero-order valence-corrected chi connectivity index (χ0v) is 15.8. The standard InChI is InChI=1S/C18H20N2O3S2/c1-3-25(21,22)15-9-10-17-16(11-15)20(18(24)23-17)13-19(2)12-14-7-5-4-6-8-14/h4-11H,3,12-13H2,1-2H3. The SMILES string of the molecule is CCS(=O)(=O)c1ccc2oc(=S)n(CN(C)Cc3ccccc3)c2c1. The molecule has 0 bridgehead atoms. The molecule has 1 aromatic heterocycles. The topological polar surface area (TPSA) is 55.5 Å². The van der Waals surface area contributed by atoms with Crippen molar-refractivity contribution in [3.05, 3.63) is 58.9 Å². The minimum Gasteiger partial charge on any atom is -0.429 e. The monoisotopic (exact) mass is 376 g/mol. The van der Waals surface area contributed by atoms with Gasteiger partial charge in [-0.3, -0.25) is 9.47 Å². The van der Waals surface area contributed by atoms with Gasteiger partial charge in [0, 0.05) is 6.54 Å². The Morgan fingerprint density at radius 3 is 2.56 bits per heavy atom. The first-order valence-corrected chi connectivity index (χ1v) is 10.1. The average Bonchev–Trinajstić information content (AvgIpc) is 2.90. The van der Waals surface area contributed by atoms with Crippen molar-refractivity contribution < 1.29 is 12.8 Å². The summed E-state index contributed by atoms with van der Waals surface area (Å²) in [6.07, 6.45) is 0. The van der Waals surface area contributed by atoms with Crippen molar-refractivity contribution in [2.45, 2.75) is 25.0 Å². The summed E-state index contributed by atoms with van der Waals surface area (Å²) in [5.41, 5.74) is 2.48. The number of aromatic nitrogens is 1. The fraction of sp³-hybridized carbons (Fsp3) is 0.278. The summed E-state index contributed by atoms with van der Waals surface area (Å²) in [4.78, 5) is 2.72. The van der Waals surface area contributed by atoms with Crippen LogP contribution in [0, 0.1) is 4.84 Å². The molecule has 132 valence electrons. The highest BCUT2D eigenvalue weighted by Crippen LogP contribution is 2.23. The minimum absolute atomic E-state index is 0.0605. The molecule has 0 aliphatic rings. The van der Waals surface area contributed by atoms with E-state index in [9.17, 15) is 8.42 Å². The molecule has 7 heteroatoms. The van der Waals surface area contributed by atoms with Gasteiger partial charge < -0.3 is 4.42 Å². The lowest BCUT2D eigenvalue weighted by atomic mass is 10.2. The van der Waals surface area contributed by atoms with Crippen LogP contribution in [0.2, 0.25) is 0 Å². The molecule has 0 aliphatic carbocycles. The van der Waals surface area contributed by atoms with Gasteiger partial charge in [0.25, 0.3) is 4.84 Å². The average molecular weight is 377 g/mol. The Kier molecular flexibility index (Phi) is 5.08. The summed E-state index contributed by atoms with van der Waals surface area (Å²) in [5, 5.41) is 0. The number of fused-ring (bicyclic) bond motifs is 1. The van der Waals surface area contributed by atoms with Crippen molar-refractivity contribution in [3.8, 4) is 0 Å². The van der Waals surface area contributed by atoms with Crippen LogP contribution in [0.25, 0.3) is 11.1 Å². The second kappa shape index (κ2) is 7.11. The van der Waals surface area contributed by atoms with Gasteiger partial charge in [0.05, 0.1) is 22.8 Å². The highest BCUT2D eigenvalue weighted by molar-refractivity contribution is 7.91. The van der Waals surface area contributed by atoms with Crippen molar-refractivity contribution in [1.82, 2.24) is 9.47 Å². The minimum atomic E-state index is -3.28. The van der Waals surface area contributed by atoms with Crippen LogP contribution in [0.3, 0.4) is 0 Å². The molecule has 0 saturated carbocycles. The third kappa shape index (κ3) is 3.84. The van der Waals surface area contributed by atoms with Crippen molar-refractivity contribution in [2.24, 2.45) is 0 Å². The van der Waals surface area contributed by atoms with E-state index in [4.69, 9.17) is 16.6 Å². The molecule has 0 spiro atoms. The van der Waals surface area contributed by atoms with Crippen LogP contribution in [-0.4, -0.2) is 30.7 Å². The summed E-state index contributed by atoms with van der Waals surface area (Å²) in [5.74, 6) is 0.0605. The van der Waals surface area contributed by atoms with E-state index in [1.54, 1.807) is 25.1 Å². The maximum atomic E-state index is 12.1. The van der Waals surface area contributed by atoms with Crippen LogP contribution in [-0.2, 0) is 23.1 Å². The summed E-state index contributed by atoms with van der Waals surface area (Å²) >= 11 is 5.32. The predicted octanol–water partition coefficient (Wildman–Crippen LogP) is 3.85. The predicted molar refractivity (Wildman–Crippen MR) is 101 cm³/mol. The zero-order chi connectivity index (χ0) is 18.0. The maximum absolute atomic E-state index is 12.1. The van der Waals surface area contributed by atoms with Crippen molar-refractivity contribution in [2.75, 3.05) is 12.8 Å². The summed E-state index contributed by atoms with van der Waals surface area (Å²) in [7, 11) is -1.29. The van der Waals surface area contributed by atoms with Crippen LogP contribution in [0.15, 0.2) is 57.8 Å². The molecule has 0 fully saturated rings. The van der Waals surface area contributed by atoms with Crippen LogP contribution in [0.1, 0.15) is 12.5 Å². The molecule has 0 unspecified atom stereocenters. The second-order valence-corrected chi connectivity index (χ2v) is 8.60. The lowest BCUT2D eigenvalue weighted by Gasteiger charge is -2.17. The van der Waals surface area contributed by atoms with E-state index in [0.717, 1.165) is 6.54 Å². The van der Waals surface area contributed by atoms with Crippen LogP contribution >= 0.6 is 12.2 Å². The number of hydrogen-bond acceptors (Lipinski definition) is 5. The number of sulfone groups is 1. The molecule has 1 heterocycles. The van der Waals surface area contributed by atoms with Gasteiger partial charge in [0.2, 0.25) is 0 Å². The Morgan fingerprint density at radius 2 is 1.88 bits per heavy atom. The van der Waals surface area contributed by atoms with Gasteiger partial charge in [-0.2, -0.15) is 0 Å². The summed E-state index contributed by atoms with van der Waals surface area (Å²) < 4.78 is 31.7. The number of oxazole rings is 1. The Hall–Kier alpha value is -1.96. The molecule has 2 aromatic carbocycles. The molecule has 3 rings (SSSR count). The van der Waals surface area contributed by atoms with Gasteiger partial charge in [0.1, 0.15) is 0 Å². The molecule has 0 amide bonds. The van der Waals surface area contributed by atoms with Gasteiger partial charge in [-0.05, 0) is 43.0 Å². The fourth-order valence-electron chi connectivity index (χ4n) is 2.72. The van der Waals surface area contributed by atoms with Gasteiger partial charge in [0.15, 0.2) is 15.4 Å². The first kappa shape index (κ1) is 17.8. The molecule has 25 heavy (non-hydrogen) atoms. The van der Waals surface area contributed by atoms with E-state index in [-0.39, 0.29) is 10.6 Å². The summed E-state index contributed by atoms with van der Waals surface area (Å²) in [6, 6.07) is 15.0. The molecular weight excluding hydrogens is 356 g/mol. The van der Waals surface area contributed by atoms with Crippen molar-refractivity contribution in [1.29, 1.82) is 0 Å². The van der Waals surface area contributed by atoms with Gasteiger partial charge in [-0.25, -0.2) is 8.42 Å². The summed E-state index contributed by atoms with van der Waals surface area (Å²) in [6.45, 7) is 2.90. The third-order valence-electron chi connectivity index (χ3n) is 4.06. The molecule has 0 aliphatic heterocycles. The van der Waals surface area contributed by atoms with Crippen LogP contribution < -0.4 is 0 Å². The Morgan fingerprint density at radius 1 is 1.16 bits per heavy atom. The molecule has 5 nitrogen and oxygen atoms in total. The van der Waals surface area contributed by atoms with Gasteiger partial charge in [-0.15, -0.1) is 0 Å². The lowest BCUT2D eigenvalue weighted by molar-refractivity contribution is 0.257. The molecule has 0 N–H and O–H groups in total. The Labute approximate surface area is 152 Å². The smallest absolute Gasteiger partial charge is 0.270 e. The largest absolute Gasteiger partial charge is 0.429 e. The lowest BCUT2D eigenvalue weighted by Crippen LogP contribution is -2.21. The number of nitrogens with zero attached hydrogens (tertiary/aromatic N) is 2. The van der Waals surface area contributed by atoms with Crippen LogP contribution in [0.4, 0.5) is 0 Å². The first-order valence-electron chi connectivity index (χ1n) is 7.99. The van der Waals surface area contributed by atoms with E-state index < -0.39 is 9.84 Å². The highest BCUT2D eigenvalue weighted by atomic mass is 32.2. The number of hydrogen-bond donors (Lipinski definition) is 0. The van der Waals surface area contributed by atoms with Crippen LogP contribution in [0.5, 0.6) is 0 Å². The molecule has 0 radical (unpaired) electrons. The molecular formula is C18H20N2O3S2. The maximum Gasteiger partial charge on any atom is 0.270 e. The first-order chi connectivity index (χ1) is 11.9. The fourth-order valence-corrected chi connectivity index (χ4v) is 3.87. The third-order valence-corrected chi connectivity index (χ3v) is 6.09. The Balaban J connectivity index is 1.94. The molecule has 0 saturated heterocycles. The quantitative estimate of drug-likeness (QED) is 0.612. The van der Waals surface area contributed by atoms with E-state index in [2.05, 4.69) is 17.0 Å². The normalized spacial score (nSPS) is 12.1. The van der Waals surface area contributed by atoms with Crippen molar-refractivity contribution in [3.63, 3.8) is 0 Å². The second-order valence-electron chi connectivity index (χ2n) is 5.97. The van der Waals surface area contributed by atoms with E-state index >= 15 is 0 Å². The molecule has 0 atom stereocenters. The van der Waals surface area contributed by atoms with Crippen molar-refractivity contribution >= 4 is 33.2 Å². The number of benzene rings is 2. The Bertz CT molecular complexity index is 1040. The van der Waals surface area contributed by atoms with E-state index in [1.807, 2.05) is 29.8 Å². The van der Waals surface area contributed by atoms with Gasteiger partial charge in [-0.1, -0.05) is 37.3 Å². The highest BCUT2D eigenvalue weighted by Gasteiger charge is 2.16. The zero-order valence-electron chi connectivity index (χ0n) is 14.2.